The van der Waals surface area contributed by atoms with Crippen molar-refractivity contribution < 1.29 is 19.4 Å². The third-order valence-electron chi connectivity index (χ3n) is 6.73. The lowest BCUT2D eigenvalue weighted by atomic mass is 9.76. The summed E-state index contributed by atoms with van der Waals surface area (Å²) >= 11 is 0. The maximum atomic E-state index is 13.3. The summed E-state index contributed by atoms with van der Waals surface area (Å²) in [6.45, 7) is 7.28. The van der Waals surface area contributed by atoms with Crippen molar-refractivity contribution in [2.75, 3.05) is 31.0 Å². The number of nitrogens with zero attached hydrogens (tertiary/aromatic N) is 1. The molecule has 0 saturated heterocycles. The van der Waals surface area contributed by atoms with Crippen LogP contribution >= 0.6 is 0 Å². The van der Waals surface area contributed by atoms with Gasteiger partial charge in [0, 0.05) is 19.3 Å². The quantitative estimate of drug-likeness (QED) is 0.245. The number of carbonyl (C=O) groups is 2. The molecule has 1 aliphatic carbocycles. The van der Waals surface area contributed by atoms with E-state index in [0.717, 1.165) is 12.2 Å². The summed E-state index contributed by atoms with van der Waals surface area (Å²) in [6, 6.07) is 18.9. The second kappa shape index (κ2) is 10.5. The summed E-state index contributed by atoms with van der Waals surface area (Å²) in [5.74, 6) is -0.633. The molecule has 0 fully saturated rings. The second-order valence-electron chi connectivity index (χ2n) is 9.57. The summed E-state index contributed by atoms with van der Waals surface area (Å²) in [6.07, 6.45) is 2.59. The van der Waals surface area contributed by atoms with E-state index in [1.165, 1.54) is 28.5 Å². The van der Waals surface area contributed by atoms with Crippen LogP contribution in [0, 0.1) is 0 Å². The van der Waals surface area contributed by atoms with Crippen LogP contribution in [-0.4, -0.2) is 37.6 Å². The number of anilines is 2. The number of fused-ring (bicyclic) bond motifs is 1. The van der Waals surface area contributed by atoms with Gasteiger partial charge in [0.1, 0.15) is 5.70 Å². The molecule has 3 aromatic rings. The fourth-order valence-corrected chi connectivity index (χ4v) is 4.91. The average Bonchev–Trinajstić information content (AvgIpc) is 2.89. The Bertz CT molecular complexity index is 1400. The van der Waals surface area contributed by atoms with Crippen molar-refractivity contribution in [3.8, 4) is 0 Å². The lowest BCUT2D eigenvalue weighted by Crippen LogP contribution is -2.44. The van der Waals surface area contributed by atoms with Crippen molar-refractivity contribution in [3.05, 3.63) is 94.9 Å². The number of allylic oxidation sites excluding steroid dienone is 3. The van der Waals surface area contributed by atoms with Crippen molar-refractivity contribution >= 4 is 33.9 Å². The van der Waals surface area contributed by atoms with Crippen LogP contribution in [0.15, 0.2) is 83.8 Å². The van der Waals surface area contributed by atoms with Gasteiger partial charge < -0.3 is 15.2 Å². The molecule has 37 heavy (non-hydrogen) atoms. The monoisotopic (exact) mass is 499 g/mol. The van der Waals surface area contributed by atoms with Gasteiger partial charge in [-0.3, -0.25) is 9.80 Å². The average molecular weight is 500 g/mol. The van der Waals surface area contributed by atoms with Crippen molar-refractivity contribution in [3.63, 3.8) is 0 Å². The van der Waals surface area contributed by atoms with E-state index in [4.69, 9.17) is 4.74 Å². The van der Waals surface area contributed by atoms with Crippen molar-refractivity contribution in [2.24, 2.45) is 0 Å². The molecule has 0 amide bonds. The highest BCUT2D eigenvalue weighted by molar-refractivity contribution is 6.21. The molecule has 1 aliphatic rings. The van der Waals surface area contributed by atoms with Gasteiger partial charge in [0.2, 0.25) is 5.78 Å². The van der Waals surface area contributed by atoms with E-state index < -0.39 is 5.97 Å². The number of carbonyl (C=O) groups excluding carboxylic acids is 1. The largest absolute Gasteiger partial charge is 0.494 e. The number of carboxylic acids is 1. The topological polar surface area (TPSA) is 90.9 Å². The number of Topliss-reactive ketones (excluding diaryl/α,β-unsaturated/α-hetero) is 1. The second-order valence-corrected chi connectivity index (χ2v) is 9.57. The number of hydrogen-bond donors (Lipinski definition) is 3. The van der Waals surface area contributed by atoms with Gasteiger partial charge in [0.25, 0.3) is 0 Å². The molecule has 7 heteroatoms. The van der Waals surface area contributed by atoms with Crippen LogP contribution < -0.4 is 15.8 Å². The predicted octanol–water partition coefficient (Wildman–Crippen LogP) is 5.65. The lowest BCUT2D eigenvalue weighted by Gasteiger charge is -2.34. The first-order chi connectivity index (χ1) is 17.7. The molecule has 4 rings (SSSR count). The summed E-state index contributed by atoms with van der Waals surface area (Å²) in [5, 5.41) is 16.7. The number of carboxylic acid groups (broad SMARTS) is 1. The van der Waals surface area contributed by atoms with Gasteiger partial charge in [-0.15, -0.1) is 0 Å². The van der Waals surface area contributed by atoms with Crippen LogP contribution in [-0.2, 0) is 14.9 Å². The molecule has 7 nitrogen and oxygen atoms in total. The van der Waals surface area contributed by atoms with E-state index in [2.05, 4.69) is 61.8 Å². The molecular weight excluding hydrogens is 466 g/mol. The summed E-state index contributed by atoms with van der Waals surface area (Å²) in [4.78, 5) is 24.5. The smallest absolute Gasteiger partial charge is 0.335 e. The minimum atomic E-state index is -1.00. The molecule has 0 atom stereocenters. The number of hydrazine groups is 1. The molecule has 3 N–H and O–H groups in total. The van der Waals surface area contributed by atoms with Crippen molar-refractivity contribution in [1.29, 1.82) is 0 Å². The number of methoxy groups -OCH3 is 1. The van der Waals surface area contributed by atoms with E-state index in [1.54, 1.807) is 31.3 Å². The van der Waals surface area contributed by atoms with Crippen LogP contribution in [0.4, 0.5) is 11.4 Å². The Morgan fingerprint density at radius 2 is 1.78 bits per heavy atom. The summed E-state index contributed by atoms with van der Waals surface area (Å²) in [7, 11) is 3.25. The molecule has 0 unspecified atom stereocenters. The third kappa shape index (κ3) is 4.82. The zero-order valence-electron chi connectivity index (χ0n) is 21.9. The van der Waals surface area contributed by atoms with Crippen LogP contribution in [0.25, 0.3) is 10.8 Å². The van der Waals surface area contributed by atoms with E-state index in [0.29, 0.717) is 29.1 Å². The SMILES string of the molecule is CCNc1ccc2ccccc2c1C(C)(C)C/C=C1\C(=O)C(N(NC)c2ccc(C(=O)O)cc2)=C1OC. The number of ketones is 1. The molecule has 192 valence electrons. The van der Waals surface area contributed by atoms with Crippen LogP contribution in [0.3, 0.4) is 0 Å². The van der Waals surface area contributed by atoms with E-state index >= 15 is 0 Å². The van der Waals surface area contributed by atoms with Gasteiger partial charge in [-0.1, -0.05) is 50.3 Å². The number of aromatic carboxylic acids is 1. The molecule has 0 radical (unpaired) electrons. The highest BCUT2D eigenvalue weighted by atomic mass is 16.5. The molecule has 0 aromatic heterocycles. The standard InChI is InChI=1S/C30H33N3O4/c1-6-32-24-16-13-19-9-7-8-10-22(19)25(24)30(2,3)18-17-23-27(34)26(28(23)37-5)33(31-4)21-14-11-20(12-15-21)29(35)36/h7-17,31-32H,6,18H2,1-5H3,(H,35,36)/b23-17+. The number of rotatable bonds is 10. The Balaban J connectivity index is 1.68. The molecule has 0 heterocycles. The van der Waals surface area contributed by atoms with Crippen molar-refractivity contribution in [2.45, 2.75) is 32.6 Å². The van der Waals surface area contributed by atoms with Gasteiger partial charge in [-0.05, 0) is 65.4 Å². The molecule has 0 bridgehead atoms. The van der Waals surface area contributed by atoms with E-state index in [9.17, 15) is 14.7 Å². The highest BCUT2D eigenvalue weighted by Crippen LogP contribution is 2.41. The summed E-state index contributed by atoms with van der Waals surface area (Å²) < 4.78 is 5.65. The molecule has 3 aromatic carbocycles. The third-order valence-corrected chi connectivity index (χ3v) is 6.73. The first-order valence-corrected chi connectivity index (χ1v) is 12.3. The number of benzene rings is 3. The number of hydrogen-bond acceptors (Lipinski definition) is 6. The Hall–Kier alpha value is -4.10. The first kappa shape index (κ1) is 26.0. The molecule has 0 saturated carbocycles. The molecule has 0 aliphatic heterocycles. The molecular formula is C30H33N3O4. The molecule has 0 spiro atoms. The van der Waals surface area contributed by atoms with Gasteiger partial charge >= 0.3 is 5.97 Å². The normalized spacial score (nSPS) is 14.6. The zero-order valence-corrected chi connectivity index (χ0v) is 21.9. The van der Waals surface area contributed by atoms with Crippen molar-refractivity contribution in [1.82, 2.24) is 5.43 Å². The highest BCUT2D eigenvalue weighted by Gasteiger charge is 2.40. The minimum absolute atomic E-state index is 0.130. The summed E-state index contributed by atoms with van der Waals surface area (Å²) in [5.41, 5.74) is 6.80. The minimum Gasteiger partial charge on any atom is -0.494 e. The van der Waals surface area contributed by atoms with Gasteiger partial charge in [0.05, 0.1) is 23.9 Å². The van der Waals surface area contributed by atoms with Crippen LogP contribution in [0.2, 0.25) is 0 Å². The number of nitrogens with one attached hydrogen (secondary N) is 2. The van der Waals surface area contributed by atoms with Gasteiger partial charge in [-0.2, -0.15) is 0 Å². The first-order valence-electron chi connectivity index (χ1n) is 12.3. The van der Waals surface area contributed by atoms with Crippen LogP contribution in [0.1, 0.15) is 43.1 Å². The maximum Gasteiger partial charge on any atom is 0.335 e. The van der Waals surface area contributed by atoms with Crippen LogP contribution in [0.5, 0.6) is 0 Å². The lowest BCUT2D eigenvalue weighted by molar-refractivity contribution is -0.114. The maximum absolute atomic E-state index is 13.3. The Morgan fingerprint density at radius 1 is 1.08 bits per heavy atom. The fourth-order valence-electron chi connectivity index (χ4n) is 4.91. The van der Waals surface area contributed by atoms with E-state index in [-0.39, 0.29) is 16.8 Å². The van der Waals surface area contributed by atoms with E-state index in [1.807, 2.05) is 12.1 Å². The Morgan fingerprint density at radius 3 is 2.41 bits per heavy atom. The Kier molecular flexibility index (Phi) is 7.36. The predicted molar refractivity (Wildman–Crippen MR) is 148 cm³/mol. The van der Waals surface area contributed by atoms with Gasteiger partial charge in [-0.25, -0.2) is 10.2 Å². The fraction of sp³-hybridized carbons (Fsp3) is 0.267. The zero-order chi connectivity index (χ0) is 26.7. The van der Waals surface area contributed by atoms with Gasteiger partial charge in [0.15, 0.2) is 5.76 Å². The Labute approximate surface area is 217 Å². The number of ether oxygens (including phenoxy) is 1.